The van der Waals surface area contributed by atoms with E-state index in [1.807, 2.05) is 0 Å². The van der Waals surface area contributed by atoms with Crippen molar-refractivity contribution >= 4 is 11.3 Å². The van der Waals surface area contributed by atoms with Crippen molar-refractivity contribution in [2.45, 2.75) is 39.5 Å². The highest BCUT2D eigenvalue weighted by atomic mass is 32.1. The van der Waals surface area contributed by atoms with E-state index in [9.17, 15) is 0 Å². The average Bonchev–Trinajstić information content (AvgIpc) is 2.78. The Labute approximate surface area is 108 Å². The highest BCUT2D eigenvalue weighted by Crippen LogP contribution is 2.26. The molecule has 1 aromatic carbocycles. The third-order valence-electron chi connectivity index (χ3n) is 2.88. The third kappa shape index (κ3) is 2.95. The van der Waals surface area contributed by atoms with Crippen LogP contribution in [0.15, 0.2) is 29.6 Å². The van der Waals surface area contributed by atoms with Gasteiger partial charge in [-0.2, -0.15) is 0 Å². The lowest BCUT2D eigenvalue weighted by atomic mass is 10.0. The lowest BCUT2D eigenvalue weighted by Crippen LogP contribution is -1.87. The van der Waals surface area contributed by atoms with Gasteiger partial charge in [0.05, 0.1) is 5.69 Å². The predicted molar refractivity (Wildman–Crippen MR) is 75.6 cm³/mol. The Morgan fingerprint density at radius 3 is 2.47 bits per heavy atom. The summed E-state index contributed by atoms with van der Waals surface area (Å²) in [5.74, 6) is 0.594. The lowest BCUT2D eigenvalue weighted by Gasteiger charge is -2.05. The van der Waals surface area contributed by atoms with Gasteiger partial charge in [-0.15, -0.1) is 11.3 Å². The van der Waals surface area contributed by atoms with Gasteiger partial charge in [-0.3, -0.25) is 0 Å². The van der Waals surface area contributed by atoms with Gasteiger partial charge < -0.3 is 0 Å². The number of aromatic nitrogens is 1. The normalized spacial score (nSPS) is 11.1. The Balaban J connectivity index is 2.21. The molecule has 0 radical (unpaired) electrons. The molecule has 0 bridgehead atoms. The number of nitrogens with zero attached hydrogens (tertiary/aromatic N) is 1. The predicted octanol–water partition coefficient (Wildman–Crippen LogP) is 4.89. The van der Waals surface area contributed by atoms with Gasteiger partial charge in [0.2, 0.25) is 0 Å². The van der Waals surface area contributed by atoms with E-state index in [0.717, 1.165) is 17.8 Å². The molecule has 2 heteroatoms. The van der Waals surface area contributed by atoms with Gasteiger partial charge in [-0.1, -0.05) is 51.5 Å². The van der Waals surface area contributed by atoms with Crippen molar-refractivity contribution in [1.29, 1.82) is 0 Å². The quantitative estimate of drug-likeness (QED) is 0.747. The molecule has 0 aliphatic rings. The summed E-state index contributed by atoms with van der Waals surface area (Å²) in [6, 6.07) is 8.79. The molecular formula is C15H19NS. The van der Waals surface area contributed by atoms with Crippen LogP contribution in [0.3, 0.4) is 0 Å². The molecule has 1 heterocycles. The summed E-state index contributed by atoms with van der Waals surface area (Å²) in [6.07, 6.45) is 2.25. The van der Waals surface area contributed by atoms with E-state index in [4.69, 9.17) is 0 Å². The van der Waals surface area contributed by atoms with Crippen LogP contribution in [0.4, 0.5) is 0 Å². The summed E-state index contributed by atoms with van der Waals surface area (Å²) in [7, 11) is 0. The third-order valence-corrected chi connectivity index (χ3v) is 3.82. The molecule has 0 amide bonds. The van der Waals surface area contributed by atoms with Crippen LogP contribution in [0.2, 0.25) is 0 Å². The summed E-state index contributed by atoms with van der Waals surface area (Å²) >= 11 is 1.75. The fourth-order valence-corrected chi connectivity index (χ4v) is 2.68. The molecule has 2 rings (SSSR count). The molecule has 2 aromatic rings. The van der Waals surface area contributed by atoms with Crippen LogP contribution in [0.1, 0.15) is 44.4 Å². The number of hydrogen-bond donors (Lipinski definition) is 0. The van der Waals surface area contributed by atoms with Crippen LogP contribution in [0.25, 0.3) is 10.6 Å². The van der Waals surface area contributed by atoms with Crippen molar-refractivity contribution in [1.82, 2.24) is 4.98 Å². The topological polar surface area (TPSA) is 12.9 Å². The lowest BCUT2D eigenvalue weighted by molar-refractivity contribution is 0.867. The summed E-state index contributed by atoms with van der Waals surface area (Å²) < 4.78 is 0. The molecule has 0 saturated carbocycles. The molecule has 0 saturated heterocycles. The Bertz CT molecular complexity index is 468. The number of aryl methyl sites for hydroxylation is 1. The van der Waals surface area contributed by atoms with E-state index in [1.54, 1.807) is 11.3 Å². The molecule has 0 atom stereocenters. The maximum Gasteiger partial charge on any atom is 0.123 e. The molecule has 0 aliphatic heterocycles. The number of thiazole rings is 1. The van der Waals surface area contributed by atoms with Crippen molar-refractivity contribution in [3.05, 3.63) is 40.9 Å². The van der Waals surface area contributed by atoms with Crippen LogP contribution in [0, 0.1) is 0 Å². The van der Waals surface area contributed by atoms with Crippen molar-refractivity contribution in [2.24, 2.45) is 0 Å². The maximum absolute atomic E-state index is 4.66. The fourth-order valence-electron chi connectivity index (χ4n) is 1.82. The smallest absolute Gasteiger partial charge is 0.123 e. The number of rotatable bonds is 4. The maximum atomic E-state index is 4.66. The first-order valence-corrected chi connectivity index (χ1v) is 7.13. The van der Waals surface area contributed by atoms with E-state index in [1.165, 1.54) is 16.8 Å². The molecule has 0 fully saturated rings. The van der Waals surface area contributed by atoms with Gasteiger partial charge in [-0.05, 0) is 17.9 Å². The fraction of sp³-hybridized carbons (Fsp3) is 0.400. The van der Waals surface area contributed by atoms with E-state index in [0.29, 0.717) is 5.92 Å². The Morgan fingerprint density at radius 1 is 1.18 bits per heavy atom. The van der Waals surface area contributed by atoms with Crippen LogP contribution in [-0.2, 0) is 6.42 Å². The van der Waals surface area contributed by atoms with Crippen molar-refractivity contribution in [2.75, 3.05) is 0 Å². The SMILES string of the molecule is CCCc1csc(-c2ccc(C(C)C)cc2)n1. The summed E-state index contributed by atoms with van der Waals surface area (Å²) in [6.45, 7) is 6.63. The number of hydrogen-bond acceptors (Lipinski definition) is 2. The van der Waals surface area contributed by atoms with Crippen molar-refractivity contribution in [3.8, 4) is 10.6 Å². The average molecular weight is 245 g/mol. The highest BCUT2D eigenvalue weighted by molar-refractivity contribution is 7.13. The Kier molecular flexibility index (Phi) is 3.95. The van der Waals surface area contributed by atoms with E-state index < -0.39 is 0 Å². The highest BCUT2D eigenvalue weighted by Gasteiger charge is 2.05. The van der Waals surface area contributed by atoms with Crippen LogP contribution < -0.4 is 0 Å². The zero-order valence-corrected chi connectivity index (χ0v) is 11.6. The summed E-state index contributed by atoms with van der Waals surface area (Å²) in [4.78, 5) is 4.66. The van der Waals surface area contributed by atoms with Gasteiger partial charge in [0.25, 0.3) is 0 Å². The first kappa shape index (κ1) is 12.3. The minimum Gasteiger partial charge on any atom is -0.241 e. The van der Waals surface area contributed by atoms with Gasteiger partial charge in [0.1, 0.15) is 5.01 Å². The molecule has 17 heavy (non-hydrogen) atoms. The molecule has 0 spiro atoms. The van der Waals surface area contributed by atoms with Crippen LogP contribution in [0.5, 0.6) is 0 Å². The molecule has 1 nitrogen and oxygen atoms in total. The summed E-state index contributed by atoms with van der Waals surface area (Å²) in [5.41, 5.74) is 3.85. The monoisotopic (exact) mass is 245 g/mol. The molecule has 90 valence electrons. The minimum atomic E-state index is 0.594. The van der Waals surface area contributed by atoms with Crippen molar-refractivity contribution < 1.29 is 0 Å². The molecular weight excluding hydrogens is 226 g/mol. The zero-order valence-electron chi connectivity index (χ0n) is 10.7. The van der Waals surface area contributed by atoms with Gasteiger partial charge >= 0.3 is 0 Å². The van der Waals surface area contributed by atoms with Gasteiger partial charge in [-0.25, -0.2) is 4.98 Å². The Hall–Kier alpha value is -1.15. The number of benzene rings is 1. The van der Waals surface area contributed by atoms with E-state index in [-0.39, 0.29) is 0 Å². The van der Waals surface area contributed by atoms with Crippen LogP contribution in [-0.4, -0.2) is 4.98 Å². The second kappa shape index (κ2) is 5.46. The minimum absolute atomic E-state index is 0.594. The van der Waals surface area contributed by atoms with E-state index >= 15 is 0 Å². The van der Waals surface area contributed by atoms with Gasteiger partial charge in [0, 0.05) is 10.9 Å². The molecule has 1 aromatic heterocycles. The largest absolute Gasteiger partial charge is 0.241 e. The van der Waals surface area contributed by atoms with E-state index in [2.05, 4.69) is 55.4 Å². The first-order valence-electron chi connectivity index (χ1n) is 6.25. The molecule has 0 N–H and O–H groups in total. The standard InChI is InChI=1S/C15H19NS/c1-4-5-14-10-17-15(16-14)13-8-6-12(7-9-13)11(2)3/h6-11H,4-5H2,1-3H3. The van der Waals surface area contributed by atoms with Crippen LogP contribution >= 0.6 is 11.3 Å². The van der Waals surface area contributed by atoms with Gasteiger partial charge in [0.15, 0.2) is 0 Å². The molecule has 0 unspecified atom stereocenters. The Morgan fingerprint density at radius 2 is 1.88 bits per heavy atom. The summed E-state index contributed by atoms with van der Waals surface area (Å²) in [5, 5.41) is 3.32. The molecule has 0 aliphatic carbocycles. The zero-order chi connectivity index (χ0) is 12.3. The second-order valence-electron chi connectivity index (χ2n) is 4.67. The second-order valence-corrected chi connectivity index (χ2v) is 5.53. The van der Waals surface area contributed by atoms with Crippen molar-refractivity contribution in [3.63, 3.8) is 0 Å². The first-order chi connectivity index (χ1) is 8.20.